The highest BCUT2D eigenvalue weighted by Crippen LogP contribution is 2.24. The number of fused-ring (bicyclic) bond motifs is 1. The number of nitrogens with zero attached hydrogens (tertiary/aromatic N) is 2. The van der Waals surface area contributed by atoms with Crippen molar-refractivity contribution in [1.82, 2.24) is 4.57 Å². The normalized spacial score (nSPS) is 12.6. The number of benzene rings is 2. The van der Waals surface area contributed by atoms with Crippen LogP contribution in [0, 0.1) is 5.82 Å². The van der Waals surface area contributed by atoms with Gasteiger partial charge in [-0.2, -0.15) is 4.99 Å². The molecule has 142 valence electrons. The van der Waals surface area contributed by atoms with Gasteiger partial charge < -0.3 is 4.57 Å². The molecule has 1 amide bonds. The topological polar surface area (TPSA) is 68.5 Å². The average Bonchev–Trinajstić information content (AvgIpc) is 2.92. The molecule has 0 spiro atoms. The van der Waals surface area contributed by atoms with Crippen molar-refractivity contribution < 1.29 is 17.6 Å². The second-order valence-electron chi connectivity index (χ2n) is 5.91. The third kappa shape index (κ3) is 4.53. The minimum absolute atomic E-state index is 0.0237. The number of thiazole rings is 1. The summed E-state index contributed by atoms with van der Waals surface area (Å²) in [5.41, 5.74) is 0.952. The molecule has 2 aromatic carbocycles. The van der Waals surface area contributed by atoms with Gasteiger partial charge in [-0.3, -0.25) is 4.79 Å². The van der Waals surface area contributed by atoms with Crippen LogP contribution in [0.25, 0.3) is 10.2 Å². The average molecular weight is 471 g/mol. The number of sulfone groups is 1. The van der Waals surface area contributed by atoms with Gasteiger partial charge in [0.05, 0.1) is 20.9 Å². The Morgan fingerprint density at radius 3 is 2.59 bits per heavy atom. The van der Waals surface area contributed by atoms with Crippen LogP contribution in [0.5, 0.6) is 0 Å². The number of amides is 1. The molecule has 0 fully saturated rings. The van der Waals surface area contributed by atoms with Crippen LogP contribution in [0.15, 0.2) is 56.8 Å². The van der Waals surface area contributed by atoms with E-state index in [0.717, 1.165) is 26.8 Å². The molecule has 3 rings (SSSR count). The number of carbonyl (C=O) groups excluding carboxylic acids is 1. The highest BCUT2D eigenvalue weighted by Gasteiger charge is 2.15. The van der Waals surface area contributed by atoms with Crippen LogP contribution in [0.1, 0.15) is 12.8 Å². The number of hydrogen-bond acceptors (Lipinski definition) is 4. The van der Waals surface area contributed by atoms with Crippen LogP contribution < -0.4 is 4.80 Å². The number of aryl methyl sites for hydroxylation is 1. The Hall–Kier alpha value is -1.84. The van der Waals surface area contributed by atoms with Gasteiger partial charge in [-0.1, -0.05) is 17.4 Å². The number of para-hydroxylation sites is 1. The van der Waals surface area contributed by atoms with E-state index in [1.807, 2.05) is 29.8 Å². The largest absolute Gasteiger partial charge is 0.318 e. The lowest BCUT2D eigenvalue weighted by molar-refractivity contribution is -0.118. The Morgan fingerprint density at radius 2 is 1.93 bits per heavy atom. The van der Waals surface area contributed by atoms with Crippen molar-refractivity contribution in [3.8, 4) is 0 Å². The van der Waals surface area contributed by atoms with Crippen molar-refractivity contribution in [1.29, 1.82) is 0 Å². The SMILES string of the molecule is Cn1c(=NC(=O)CCCS(=O)(=O)c2ccc(F)cc2)sc2cccc(Br)c21. The minimum atomic E-state index is -3.55. The Labute approximate surface area is 168 Å². The predicted octanol–water partition coefficient (Wildman–Crippen LogP) is 3.82. The summed E-state index contributed by atoms with van der Waals surface area (Å²) in [4.78, 5) is 16.9. The number of hydrogen-bond donors (Lipinski definition) is 0. The third-order valence-corrected chi connectivity index (χ3v) is 7.52. The maximum atomic E-state index is 12.9. The van der Waals surface area contributed by atoms with E-state index in [1.54, 1.807) is 0 Å². The molecule has 0 atom stereocenters. The molecular formula is C18H16BrFN2O3S2. The van der Waals surface area contributed by atoms with Gasteiger partial charge in [-0.25, -0.2) is 12.8 Å². The molecule has 1 aromatic heterocycles. The van der Waals surface area contributed by atoms with Gasteiger partial charge in [0.1, 0.15) is 5.82 Å². The summed E-state index contributed by atoms with van der Waals surface area (Å²) in [7, 11) is -1.72. The number of aromatic nitrogens is 1. The third-order valence-electron chi connectivity index (χ3n) is 3.97. The predicted molar refractivity (Wildman–Crippen MR) is 107 cm³/mol. The van der Waals surface area contributed by atoms with Crippen molar-refractivity contribution in [2.75, 3.05) is 5.75 Å². The van der Waals surface area contributed by atoms with Crippen molar-refractivity contribution >= 4 is 53.2 Å². The smallest absolute Gasteiger partial charge is 0.248 e. The van der Waals surface area contributed by atoms with E-state index in [4.69, 9.17) is 0 Å². The number of halogens is 2. The van der Waals surface area contributed by atoms with Crippen LogP contribution >= 0.6 is 27.3 Å². The fraction of sp³-hybridized carbons (Fsp3) is 0.222. The molecule has 0 aliphatic heterocycles. The fourth-order valence-corrected chi connectivity index (χ4v) is 5.74. The summed E-state index contributed by atoms with van der Waals surface area (Å²) in [6.07, 6.45) is 0.177. The van der Waals surface area contributed by atoms with Gasteiger partial charge >= 0.3 is 0 Å². The first-order valence-electron chi connectivity index (χ1n) is 8.08. The molecule has 5 nitrogen and oxygen atoms in total. The van der Waals surface area contributed by atoms with E-state index in [2.05, 4.69) is 20.9 Å². The highest BCUT2D eigenvalue weighted by atomic mass is 79.9. The quantitative estimate of drug-likeness (QED) is 0.532. The standard InChI is InChI=1S/C18H16BrFN2O3S2/c1-22-17-14(19)4-2-5-15(17)26-18(22)21-16(23)6-3-11-27(24,25)13-9-7-12(20)8-10-13/h2,4-5,7-10H,3,6,11H2,1H3. The molecule has 0 saturated carbocycles. The molecule has 1 heterocycles. The molecule has 0 aliphatic carbocycles. The molecule has 9 heteroatoms. The van der Waals surface area contributed by atoms with Crippen molar-refractivity contribution in [3.05, 3.63) is 57.6 Å². The lowest BCUT2D eigenvalue weighted by Crippen LogP contribution is -2.14. The Balaban J connectivity index is 1.70. The van der Waals surface area contributed by atoms with E-state index in [9.17, 15) is 17.6 Å². The molecule has 0 aliphatic rings. The highest BCUT2D eigenvalue weighted by molar-refractivity contribution is 9.10. The summed E-state index contributed by atoms with van der Waals surface area (Å²) in [6.45, 7) is 0. The van der Waals surface area contributed by atoms with Crippen LogP contribution in [0.4, 0.5) is 4.39 Å². The van der Waals surface area contributed by atoms with Crippen molar-refractivity contribution in [3.63, 3.8) is 0 Å². The second kappa shape index (κ2) is 8.04. The first-order chi connectivity index (χ1) is 12.8. The van der Waals surface area contributed by atoms with Crippen LogP contribution in [0.3, 0.4) is 0 Å². The van der Waals surface area contributed by atoms with Gasteiger partial charge in [0.15, 0.2) is 14.6 Å². The first-order valence-corrected chi connectivity index (χ1v) is 11.3. The summed E-state index contributed by atoms with van der Waals surface area (Å²) >= 11 is 4.88. The first kappa shape index (κ1) is 19.9. The molecule has 3 aromatic rings. The summed E-state index contributed by atoms with van der Waals surface area (Å²) in [5.74, 6) is -1.06. The van der Waals surface area contributed by atoms with E-state index in [1.165, 1.54) is 23.5 Å². The Bertz CT molecular complexity index is 1170. The van der Waals surface area contributed by atoms with Crippen LogP contribution in [-0.2, 0) is 21.7 Å². The van der Waals surface area contributed by atoms with Crippen molar-refractivity contribution in [2.45, 2.75) is 17.7 Å². The molecule has 0 radical (unpaired) electrons. The minimum Gasteiger partial charge on any atom is -0.318 e. The molecule has 0 unspecified atom stereocenters. The lowest BCUT2D eigenvalue weighted by Gasteiger charge is -2.03. The summed E-state index contributed by atoms with van der Waals surface area (Å²) < 4.78 is 41.1. The zero-order chi connectivity index (χ0) is 19.6. The zero-order valence-corrected chi connectivity index (χ0v) is 17.6. The lowest BCUT2D eigenvalue weighted by atomic mass is 10.3. The van der Waals surface area contributed by atoms with Gasteiger partial charge in [0, 0.05) is 17.9 Å². The second-order valence-corrected chi connectivity index (χ2v) is 9.88. The van der Waals surface area contributed by atoms with Gasteiger partial charge in [0.25, 0.3) is 0 Å². The molecule has 0 bridgehead atoms. The molecule has 27 heavy (non-hydrogen) atoms. The van der Waals surface area contributed by atoms with Gasteiger partial charge in [-0.05, 0) is 58.7 Å². The van der Waals surface area contributed by atoms with Crippen molar-refractivity contribution in [2.24, 2.45) is 12.0 Å². The maximum absolute atomic E-state index is 12.9. The Kier molecular flexibility index (Phi) is 5.92. The maximum Gasteiger partial charge on any atom is 0.248 e. The summed E-state index contributed by atoms with van der Waals surface area (Å²) in [6, 6.07) is 10.4. The van der Waals surface area contributed by atoms with Gasteiger partial charge in [-0.15, -0.1) is 0 Å². The monoisotopic (exact) mass is 470 g/mol. The molecular weight excluding hydrogens is 455 g/mol. The van der Waals surface area contributed by atoms with Crippen LogP contribution in [-0.4, -0.2) is 24.6 Å². The molecule has 0 saturated heterocycles. The Morgan fingerprint density at radius 1 is 1.22 bits per heavy atom. The summed E-state index contributed by atoms with van der Waals surface area (Å²) in [5, 5.41) is 0. The number of carbonyl (C=O) groups is 1. The van der Waals surface area contributed by atoms with Gasteiger partial charge in [0.2, 0.25) is 5.91 Å². The molecule has 0 N–H and O–H groups in total. The van der Waals surface area contributed by atoms with E-state index in [-0.39, 0.29) is 29.4 Å². The zero-order valence-electron chi connectivity index (χ0n) is 14.4. The van der Waals surface area contributed by atoms with Crippen LogP contribution in [0.2, 0.25) is 0 Å². The van der Waals surface area contributed by atoms with E-state index < -0.39 is 15.7 Å². The fourth-order valence-electron chi connectivity index (χ4n) is 2.60. The van der Waals surface area contributed by atoms with E-state index >= 15 is 0 Å². The number of rotatable bonds is 5. The van der Waals surface area contributed by atoms with E-state index in [0.29, 0.717) is 4.80 Å².